The lowest BCUT2D eigenvalue weighted by Crippen LogP contribution is -2.22. The number of hydrazine groups is 1. The van der Waals surface area contributed by atoms with E-state index in [9.17, 15) is 4.79 Å². The fraction of sp³-hybridized carbons (Fsp3) is 0.636. The zero-order chi connectivity index (χ0) is 30.6. The number of nitrogen functional groups attached to an aromatic ring is 1. The largest absolute Gasteiger partial charge is 0.466 e. The van der Waals surface area contributed by atoms with Crippen molar-refractivity contribution < 1.29 is 9.53 Å². The highest BCUT2D eigenvalue weighted by Gasteiger charge is 2.30. The minimum absolute atomic E-state index is 0.0287. The molecule has 0 spiro atoms. The van der Waals surface area contributed by atoms with Crippen LogP contribution in [0.5, 0.6) is 0 Å². The molecule has 0 fully saturated rings. The molecule has 9 heteroatoms. The van der Waals surface area contributed by atoms with Gasteiger partial charge in [-0.05, 0) is 85.7 Å². The van der Waals surface area contributed by atoms with Gasteiger partial charge in [0, 0.05) is 28.1 Å². The summed E-state index contributed by atoms with van der Waals surface area (Å²) in [5.41, 5.74) is 5.33. The summed E-state index contributed by atoms with van der Waals surface area (Å²) in [6, 6.07) is 3.96. The lowest BCUT2D eigenvalue weighted by atomic mass is 9.82. The summed E-state index contributed by atoms with van der Waals surface area (Å²) in [5.74, 6) is 7.68. The van der Waals surface area contributed by atoms with Crippen molar-refractivity contribution in [3.63, 3.8) is 0 Å². The summed E-state index contributed by atoms with van der Waals surface area (Å²) in [7, 11) is 0. The number of hydrogen-bond acceptors (Lipinski definition) is 8. The number of esters is 1. The number of allylic oxidation sites excluding steroid dienone is 2. The number of carbonyl (C=O) groups excluding carboxylic acids is 1. The molecule has 0 aliphatic heterocycles. The Balaban J connectivity index is 2.35. The number of nitrogens with two attached hydrogens (primary N) is 1. The fourth-order valence-corrected chi connectivity index (χ4v) is 6.25. The quantitative estimate of drug-likeness (QED) is 0.0290. The molecule has 0 aliphatic rings. The van der Waals surface area contributed by atoms with Gasteiger partial charge in [0.1, 0.15) is 11.6 Å². The monoisotopic (exact) mass is 661 g/mol. The van der Waals surface area contributed by atoms with Gasteiger partial charge in [0.15, 0.2) is 0 Å². The van der Waals surface area contributed by atoms with Gasteiger partial charge < -0.3 is 10.2 Å². The molecule has 0 bridgehead atoms. The lowest BCUT2D eigenvalue weighted by molar-refractivity contribution is -0.142. The van der Waals surface area contributed by atoms with Crippen molar-refractivity contribution in [2.45, 2.75) is 122 Å². The van der Waals surface area contributed by atoms with Crippen molar-refractivity contribution in [2.75, 3.05) is 17.8 Å². The van der Waals surface area contributed by atoms with Crippen LogP contribution in [-0.2, 0) is 22.4 Å². The molecule has 7 nitrogen and oxygen atoms in total. The molecule has 0 aromatic carbocycles. The minimum atomic E-state index is -0.297. The van der Waals surface area contributed by atoms with Crippen molar-refractivity contribution in [1.29, 1.82) is 0 Å². The molecule has 2 heterocycles. The van der Waals surface area contributed by atoms with Crippen LogP contribution in [0.1, 0.15) is 132 Å². The van der Waals surface area contributed by atoms with Gasteiger partial charge in [0.2, 0.25) is 0 Å². The van der Waals surface area contributed by atoms with E-state index < -0.39 is 0 Å². The number of unbranched alkanes of at least 4 members (excludes halogenated alkanes) is 7. The first kappa shape index (κ1) is 36.2. The van der Waals surface area contributed by atoms with Crippen LogP contribution in [0.25, 0.3) is 0 Å². The van der Waals surface area contributed by atoms with Crippen molar-refractivity contribution in [2.24, 2.45) is 5.84 Å². The molecule has 0 saturated heterocycles. The first-order chi connectivity index (χ1) is 20.5. The van der Waals surface area contributed by atoms with E-state index in [4.69, 9.17) is 25.5 Å². The first-order valence-electron chi connectivity index (χ1n) is 15.9. The molecular formula is C33H52BrN5O2S. The van der Waals surface area contributed by atoms with E-state index in [1.54, 1.807) is 0 Å². The molecule has 0 saturated carbocycles. The Bertz CT molecular complexity index is 1080. The number of hydrogen-bond donors (Lipinski definition) is 3. The van der Waals surface area contributed by atoms with Crippen molar-refractivity contribution >= 4 is 40.3 Å². The summed E-state index contributed by atoms with van der Waals surface area (Å²) in [6.45, 7) is 6.49. The number of pyridine rings is 1. The fourth-order valence-electron chi connectivity index (χ4n) is 5.42. The van der Waals surface area contributed by atoms with Crippen LogP contribution in [0.4, 0.5) is 5.82 Å². The highest BCUT2D eigenvalue weighted by Crippen LogP contribution is 2.41. The smallest absolute Gasteiger partial charge is 0.311 e. The van der Waals surface area contributed by atoms with Crippen LogP contribution < -0.4 is 11.3 Å². The van der Waals surface area contributed by atoms with E-state index in [0.29, 0.717) is 36.1 Å². The van der Waals surface area contributed by atoms with Gasteiger partial charge in [0.25, 0.3) is 0 Å². The van der Waals surface area contributed by atoms with Gasteiger partial charge in [-0.3, -0.25) is 9.78 Å². The predicted molar refractivity (Wildman–Crippen MR) is 181 cm³/mol. The Labute approximate surface area is 267 Å². The molecule has 2 aromatic rings. The third kappa shape index (κ3) is 12.3. The number of carbonyl (C=O) groups is 1. The van der Waals surface area contributed by atoms with Crippen LogP contribution in [0.2, 0.25) is 0 Å². The molecule has 2 atom stereocenters. The van der Waals surface area contributed by atoms with Crippen LogP contribution >= 0.6 is 28.6 Å². The Morgan fingerprint density at radius 2 is 1.76 bits per heavy atom. The zero-order valence-electron chi connectivity index (χ0n) is 25.9. The summed E-state index contributed by atoms with van der Waals surface area (Å²) < 4.78 is 6.25. The van der Waals surface area contributed by atoms with Crippen molar-refractivity contribution in [3.05, 3.63) is 57.7 Å². The maximum atomic E-state index is 12.6. The topological polar surface area (TPSA) is 103 Å². The summed E-state index contributed by atoms with van der Waals surface area (Å²) in [4.78, 5) is 27.4. The molecule has 0 aliphatic carbocycles. The van der Waals surface area contributed by atoms with E-state index in [1.807, 2.05) is 25.3 Å². The summed E-state index contributed by atoms with van der Waals surface area (Å²) in [5, 5.41) is 0. The van der Waals surface area contributed by atoms with E-state index in [2.05, 4.69) is 60.0 Å². The number of nitrogens with zero attached hydrogens (tertiary/aromatic N) is 3. The number of ether oxygens (including phenoxy) is 1. The molecule has 234 valence electrons. The van der Waals surface area contributed by atoms with Crippen molar-refractivity contribution in [3.8, 4) is 0 Å². The second kappa shape index (κ2) is 21.7. The first-order valence-corrected chi connectivity index (χ1v) is 17.3. The molecule has 3 N–H and O–H groups in total. The minimum Gasteiger partial charge on any atom is -0.466 e. The molecule has 0 radical (unpaired) electrons. The molecule has 2 aromatic heterocycles. The average Bonchev–Trinajstić information content (AvgIpc) is 2.98. The molecule has 2 rings (SSSR count). The Kier molecular flexibility index (Phi) is 18.7. The average molecular weight is 663 g/mol. The van der Waals surface area contributed by atoms with E-state index >= 15 is 0 Å². The number of aromatic nitrogens is 3. The number of halogens is 1. The Hall–Kier alpha value is -1.97. The number of nitrogens with one attached hydrogen (secondary N) is 1. The zero-order valence-corrected chi connectivity index (χ0v) is 28.4. The Morgan fingerprint density at radius 1 is 1.02 bits per heavy atom. The van der Waals surface area contributed by atoms with Gasteiger partial charge in [0.05, 0.1) is 24.4 Å². The maximum Gasteiger partial charge on any atom is 0.311 e. The van der Waals surface area contributed by atoms with Gasteiger partial charge in [-0.2, -0.15) is 12.6 Å². The predicted octanol–water partition coefficient (Wildman–Crippen LogP) is 8.64. The van der Waals surface area contributed by atoms with Crippen LogP contribution in [-0.4, -0.2) is 33.3 Å². The van der Waals surface area contributed by atoms with Gasteiger partial charge in [-0.1, -0.05) is 64.5 Å². The van der Waals surface area contributed by atoms with Gasteiger partial charge in [-0.25, -0.2) is 15.8 Å². The molecule has 42 heavy (non-hydrogen) atoms. The van der Waals surface area contributed by atoms with Crippen LogP contribution in [0, 0.1) is 0 Å². The number of rotatable bonds is 22. The lowest BCUT2D eigenvalue weighted by Gasteiger charge is -2.27. The Morgan fingerprint density at radius 3 is 2.43 bits per heavy atom. The molecule has 0 amide bonds. The standard InChI is InChI=1S/C33H52BrN5O2S/c1-4-7-8-9-10-11-12-13-14-15-16-19-26(25(21-23-42)31-28(34)20-17-22-36-31)32-37-29(24-30(40)41-6-3)27(18-5-2)33(38-32)39-35/h13-14,17,20,22,25-26,42H,4-12,15-16,18-19,21,23-24,35H2,1-3H3,(H,37,38,39)/b14-13-. The van der Waals surface area contributed by atoms with Gasteiger partial charge in [-0.15, -0.1) is 0 Å². The second-order valence-corrected chi connectivity index (χ2v) is 12.1. The van der Waals surface area contributed by atoms with Crippen LogP contribution in [0.15, 0.2) is 35.0 Å². The summed E-state index contributed by atoms with van der Waals surface area (Å²) in [6.07, 6.45) is 20.9. The maximum absolute atomic E-state index is 12.6. The third-order valence-electron chi connectivity index (χ3n) is 7.54. The third-order valence-corrected chi connectivity index (χ3v) is 8.47. The van der Waals surface area contributed by atoms with Crippen LogP contribution in [0.3, 0.4) is 0 Å². The van der Waals surface area contributed by atoms with Gasteiger partial charge >= 0.3 is 5.97 Å². The number of thiol groups is 1. The molecular weight excluding hydrogens is 610 g/mol. The highest BCUT2D eigenvalue weighted by molar-refractivity contribution is 9.10. The molecule has 2 unspecified atom stereocenters. The highest BCUT2D eigenvalue weighted by atomic mass is 79.9. The van der Waals surface area contributed by atoms with E-state index in [1.165, 1.54) is 38.5 Å². The van der Waals surface area contributed by atoms with E-state index in [-0.39, 0.29) is 24.2 Å². The van der Waals surface area contributed by atoms with Crippen molar-refractivity contribution in [1.82, 2.24) is 15.0 Å². The SMILES string of the molecule is CCCCCCCC/C=C\CCCC(c1nc(CC(=O)OCC)c(CCC)c(NN)n1)C(CCS)c1ncccc1Br. The van der Waals surface area contributed by atoms with E-state index in [0.717, 1.165) is 54.3 Å². The summed E-state index contributed by atoms with van der Waals surface area (Å²) >= 11 is 8.35. The number of anilines is 1. The normalized spacial score (nSPS) is 12.9. The second-order valence-electron chi connectivity index (χ2n) is 10.8.